The van der Waals surface area contributed by atoms with Crippen molar-refractivity contribution in [2.24, 2.45) is 11.7 Å². The van der Waals surface area contributed by atoms with Crippen molar-refractivity contribution >= 4 is 17.7 Å². The zero-order valence-electron chi connectivity index (χ0n) is 11.4. The molecule has 0 aliphatic carbocycles. The Hall–Kier alpha value is -1.00. The van der Waals surface area contributed by atoms with Gasteiger partial charge in [-0.25, -0.2) is 0 Å². The first kappa shape index (κ1) is 14.4. The van der Waals surface area contributed by atoms with Crippen LogP contribution in [0.5, 0.6) is 0 Å². The molecule has 1 aliphatic rings. The van der Waals surface area contributed by atoms with Crippen LogP contribution in [0.2, 0.25) is 0 Å². The number of likely N-dealkylation sites (tertiary alicyclic amines) is 1. The Morgan fingerprint density at radius 2 is 2.21 bits per heavy atom. The Kier molecular flexibility index (Phi) is 5.28. The van der Waals surface area contributed by atoms with Crippen LogP contribution in [0.25, 0.3) is 0 Å². The average Bonchev–Trinajstić information content (AvgIpc) is 2.94. The third kappa shape index (κ3) is 3.98. The summed E-state index contributed by atoms with van der Waals surface area (Å²) in [5.41, 5.74) is 6.94. The van der Waals surface area contributed by atoms with Crippen LogP contribution in [0.4, 0.5) is 0 Å². The first-order valence-electron chi connectivity index (χ1n) is 6.85. The van der Waals surface area contributed by atoms with Crippen LogP contribution in [0, 0.1) is 5.92 Å². The van der Waals surface area contributed by atoms with E-state index in [4.69, 9.17) is 5.73 Å². The molecular formula is C15H22N2OS. The van der Waals surface area contributed by atoms with E-state index in [0.29, 0.717) is 12.5 Å². The average molecular weight is 278 g/mol. The fourth-order valence-corrected chi connectivity index (χ4v) is 3.28. The van der Waals surface area contributed by atoms with Gasteiger partial charge in [0.1, 0.15) is 0 Å². The third-order valence-corrected chi connectivity index (χ3v) is 4.82. The molecular weight excluding hydrogens is 256 g/mol. The van der Waals surface area contributed by atoms with Crippen molar-refractivity contribution in [1.29, 1.82) is 0 Å². The highest BCUT2D eigenvalue weighted by molar-refractivity contribution is 7.99. The van der Waals surface area contributed by atoms with E-state index in [9.17, 15) is 4.79 Å². The number of amides is 1. The van der Waals surface area contributed by atoms with E-state index < -0.39 is 0 Å². The smallest absolute Gasteiger partial charge is 0.235 e. The maximum absolute atomic E-state index is 12.3. The minimum absolute atomic E-state index is 0.0248. The van der Waals surface area contributed by atoms with Gasteiger partial charge in [-0.3, -0.25) is 4.79 Å². The van der Waals surface area contributed by atoms with Crippen molar-refractivity contribution < 1.29 is 4.79 Å². The van der Waals surface area contributed by atoms with E-state index in [2.05, 4.69) is 12.1 Å². The minimum Gasteiger partial charge on any atom is -0.341 e. The van der Waals surface area contributed by atoms with Crippen molar-refractivity contribution in [3.05, 3.63) is 35.9 Å². The fraction of sp³-hybridized carbons (Fsp3) is 0.533. The Labute approximate surface area is 119 Å². The molecule has 0 bridgehead atoms. The van der Waals surface area contributed by atoms with E-state index in [1.165, 1.54) is 5.56 Å². The zero-order valence-corrected chi connectivity index (χ0v) is 12.2. The first-order chi connectivity index (χ1) is 9.20. The highest BCUT2D eigenvalue weighted by atomic mass is 32.2. The summed E-state index contributed by atoms with van der Waals surface area (Å²) in [6.07, 6.45) is 1.05. The number of carbonyl (C=O) groups is 1. The van der Waals surface area contributed by atoms with Gasteiger partial charge in [0.15, 0.2) is 0 Å². The van der Waals surface area contributed by atoms with Gasteiger partial charge in [-0.2, -0.15) is 0 Å². The van der Waals surface area contributed by atoms with Gasteiger partial charge in [0, 0.05) is 18.8 Å². The van der Waals surface area contributed by atoms with Crippen molar-refractivity contribution in [2.75, 3.05) is 19.6 Å². The molecule has 1 aromatic carbocycles. The number of rotatable bonds is 5. The van der Waals surface area contributed by atoms with Crippen LogP contribution in [-0.2, 0) is 10.5 Å². The zero-order chi connectivity index (χ0) is 13.7. The highest BCUT2D eigenvalue weighted by Crippen LogP contribution is 2.22. The predicted molar refractivity (Wildman–Crippen MR) is 80.9 cm³/mol. The van der Waals surface area contributed by atoms with Crippen LogP contribution < -0.4 is 5.73 Å². The summed E-state index contributed by atoms with van der Waals surface area (Å²) in [6.45, 7) is 4.41. The van der Waals surface area contributed by atoms with E-state index in [1.807, 2.05) is 30.0 Å². The standard InChI is InChI=1S/C15H22N2OS/c1-12(19-11-13-5-3-2-4-6-13)15(18)17-8-7-14(9-16)10-17/h2-6,12,14H,7-11,16H2,1H3. The molecule has 2 atom stereocenters. The molecule has 1 amide bonds. The molecule has 1 saturated heterocycles. The molecule has 2 N–H and O–H groups in total. The number of hydrogen-bond acceptors (Lipinski definition) is 3. The SMILES string of the molecule is CC(SCc1ccccc1)C(=O)N1CCC(CN)C1. The molecule has 0 spiro atoms. The Morgan fingerprint density at radius 3 is 2.84 bits per heavy atom. The molecule has 4 heteroatoms. The van der Waals surface area contributed by atoms with Gasteiger partial charge >= 0.3 is 0 Å². The number of carbonyl (C=O) groups excluding carboxylic acids is 1. The topological polar surface area (TPSA) is 46.3 Å². The van der Waals surface area contributed by atoms with Gasteiger partial charge in [0.05, 0.1) is 5.25 Å². The van der Waals surface area contributed by atoms with Crippen LogP contribution in [-0.4, -0.2) is 35.7 Å². The van der Waals surface area contributed by atoms with Gasteiger partial charge in [0.25, 0.3) is 0 Å². The Bertz CT molecular complexity index is 410. The van der Waals surface area contributed by atoms with Gasteiger partial charge in [-0.05, 0) is 31.4 Å². The number of benzene rings is 1. The minimum atomic E-state index is 0.0248. The molecule has 2 unspecified atom stereocenters. The lowest BCUT2D eigenvalue weighted by Gasteiger charge is -2.20. The lowest BCUT2D eigenvalue weighted by Crippen LogP contribution is -2.35. The third-order valence-electron chi connectivity index (χ3n) is 3.62. The normalized spacial score (nSPS) is 20.5. The summed E-state index contributed by atoms with van der Waals surface area (Å²) < 4.78 is 0. The molecule has 1 heterocycles. The monoisotopic (exact) mass is 278 g/mol. The quantitative estimate of drug-likeness (QED) is 0.897. The van der Waals surface area contributed by atoms with E-state index in [0.717, 1.165) is 25.3 Å². The number of nitrogens with two attached hydrogens (primary N) is 1. The van der Waals surface area contributed by atoms with E-state index in [1.54, 1.807) is 11.8 Å². The van der Waals surface area contributed by atoms with Gasteiger partial charge in [0.2, 0.25) is 5.91 Å². The van der Waals surface area contributed by atoms with Crippen molar-refractivity contribution in [2.45, 2.75) is 24.3 Å². The summed E-state index contributed by atoms with van der Waals surface area (Å²) in [6, 6.07) is 10.3. The van der Waals surface area contributed by atoms with Crippen LogP contribution in [0.15, 0.2) is 30.3 Å². The molecule has 1 aliphatic heterocycles. The molecule has 2 rings (SSSR count). The molecule has 0 saturated carbocycles. The number of thioether (sulfide) groups is 1. The highest BCUT2D eigenvalue weighted by Gasteiger charge is 2.28. The van der Waals surface area contributed by atoms with E-state index >= 15 is 0 Å². The van der Waals surface area contributed by atoms with E-state index in [-0.39, 0.29) is 11.2 Å². The van der Waals surface area contributed by atoms with Crippen molar-refractivity contribution in [3.63, 3.8) is 0 Å². The fourth-order valence-electron chi connectivity index (χ4n) is 2.35. The molecule has 0 radical (unpaired) electrons. The van der Waals surface area contributed by atoms with Crippen LogP contribution in [0.1, 0.15) is 18.9 Å². The van der Waals surface area contributed by atoms with Crippen LogP contribution in [0.3, 0.4) is 0 Å². The Balaban J connectivity index is 1.80. The maximum Gasteiger partial charge on any atom is 0.235 e. The second-order valence-electron chi connectivity index (χ2n) is 5.11. The largest absolute Gasteiger partial charge is 0.341 e. The molecule has 1 fully saturated rings. The first-order valence-corrected chi connectivity index (χ1v) is 7.90. The second-order valence-corrected chi connectivity index (χ2v) is 6.44. The second kappa shape index (κ2) is 6.96. The predicted octanol–water partition coefficient (Wildman–Crippen LogP) is 2.12. The molecule has 1 aromatic rings. The lowest BCUT2D eigenvalue weighted by atomic mass is 10.1. The summed E-state index contributed by atoms with van der Waals surface area (Å²) >= 11 is 1.71. The van der Waals surface area contributed by atoms with Gasteiger partial charge < -0.3 is 10.6 Å². The van der Waals surface area contributed by atoms with Crippen molar-refractivity contribution in [3.8, 4) is 0 Å². The maximum atomic E-state index is 12.3. The van der Waals surface area contributed by atoms with Gasteiger partial charge in [-0.1, -0.05) is 30.3 Å². The number of nitrogens with zero attached hydrogens (tertiary/aromatic N) is 1. The molecule has 3 nitrogen and oxygen atoms in total. The summed E-state index contributed by atoms with van der Waals surface area (Å²) in [5, 5.41) is 0.0248. The molecule has 0 aromatic heterocycles. The Morgan fingerprint density at radius 1 is 1.47 bits per heavy atom. The summed E-state index contributed by atoms with van der Waals surface area (Å²) in [4.78, 5) is 14.3. The summed E-state index contributed by atoms with van der Waals surface area (Å²) in [7, 11) is 0. The van der Waals surface area contributed by atoms with Crippen LogP contribution >= 0.6 is 11.8 Å². The van der Waals surface area contributed by atoms with Gasteiger partial charge in [-0.15, -0.1) is 11.8 Å². The molecule has 104 valence electrons. The lowest BCUT2D eigenvalue weighted by molar-refractivity contribution is -0.129. The summed E-state index contributed by atoms with van der Waals surface area (Å²) in [5.74, 6) is 1.65. The molecule has 19 heavy (non-hydrogen) atoms. The van der Waals surface area contributed by atoms with Crippen molar-refractivity contribution in [1.82, 2.24) is 4.90 Å². The number of hydrogen-bond donors (Lipinski definition) is 1.